The summed E-state index contributed by atoms with van der Waals surface area (Å²) in [7, 11) is 0. The highest BCUT2D eigenvalue weighted by Crippen LogP contribution is 2.36. The molecule has 3 aliphatic rings. The van der Waals surface area contributed by atoms with Crippen LogP contribution in [0.5, 0.6) is 5.75 Å². The first kappa shape index (κ1) is 31.9. The minimum atomic E-state index is -0.743. The van der Waals surface area contributed by atoms with Crippen LogP contribution < -0.4 is 0 Å². The van der Waals surface area contributed by atoms with Gasteiger partial charge in [-0.25, -0.2) is 0 Å². The molecule has 2 saturated carbocycles. The molecular formula is C30H38N4O10. The van der Waals surface area contributed by atoms with Gasteiger partial charge in [-0.1, -0.05) is 25.7 Å². The molecule has 44 heavy (non-hydrogen) atoms. The van der Waals surface area contributed by atoms with Gasteiger partial charge in [-0.15, -0.1) is 5.11 Å². The fourth-order valence-corrected chi connectivity index (χ4v) is 5.89. The second kappa shape index (κ2) is 15.4. The molecule has 0 amide bonds. The van der Waals surface area contributed by atoms with Crippen LogP contribution in [0.15, 0.2) is 40.6 Å². The Balaban J connectivity index is 1.44. The van der Waals surface area contributed by atoms with Crippen molar-refractivity contribution in [3.05, 3.63) is 61.7 Å². The lowest BCUT2D eigenvalue weighted by Gasteiger charge is -2.32. The quantitative estimate of drug-likeness (QED) is 0.232. The highest BCUT2D eigenvalue weighted by Gasteiger charge is 2.29. The number of ether oxygens (including phenoxy) is 5. The van der Waals surface area contributed by atoms with Crippen LogP contribution in [-0.4, -0.2) is 65.8 Å². The lowest BCUT2D eigenvalue weighted by Crippen LogP contribution is -2.36. The minimum Gasteiger partial charge on any atom is -0.507 e. The van der Waals surface area contributed by atoms with Crippen molar-refractivity contribution in [3.63, 3.8) is 0 Å². The van der Waals surface area contributed by atoms with Gasteiger partial charge in [0.05, 0.1) is 85.7 Å². The SMILES string of the molecule is O=[N+]([O-])c1ccc(N=Nc2cc3c(O)c(c2)CO[C@H]2CCCC[C@H]2OCCOCCO[C@@H]2CCCC[C@@H]2OC3)c([N+](=O)[O-])c1. The molecule has 2 aromatic carbocycles. The van der Waals surface area contributed by atoms with Crippen LogP contribution in [0, 0.1) is 20.2 Å². The van der Waals surface area contributed by atoms with Crippen molar-refractivity contribution in [1.82, 2.24) is 0 Å². The van der Waals surface area contributed by atoms with E-state index in [2.05, 4.69) is 10.2 Å². The van der Waals surface area contributed by atoms with E-state index in [1.54, 1.807) is 12.1 Å². The van der Waals surface area contributed by atoms with Crippen LogP contribution in [0.1, 0.15) is 62.5 Å². The van der Waals surface area contributed by atoms with E-state index in [1.807, 2.05) is 0 Å². The van der Waals surface area contributed by atoms with Crippen LogP contribution in [0.2, 0.25) is 0 Å². The van der Waals surface area contributed by atoms with Gasteiger partial charge in [0.15, 0.2) is 5.69 Å². The summed E-state index contributed by atoms with van der Waals surface area (Å²) in [5.41, 5.74) is 0.129. The smallest absolute Gasteiger partial charge is 0.303 e. The van der Waals surface area contributed by atoms with E-state index < -0.39 is 21.2 Å². The molecule has 2 bridgehead atoms. The number of fused-ring (bicyclic) bond motifs is 4. The van der Waals surface area contributed by atoms with Crippen LogP contribution >= 0.6 is 0 Å². The summed E-state index contributed by atoms with van der Waals surface area (Å²) in [5.74, 6) is 0.0151. The maximum absolute atomic E-state index is 11.6. The Morgan fingerprint density at radius 1 is 0.682 bits per heavy atom. The third-order valence-corrected chi connectivity index (χ3v) is 8.20. The molecule has 0 aromatic heterocycles. The number of non-ortho nitro benzene ring substituents is 1. The van der Waals surface area contributed by atoms with E-state index >= 15 is 0 Å². The zero-order valence-electron chi connectivity index (χ0n) is 24.5. The third kappa shape index (κ3) is 8.33. The van der Waals surface area contributed by atoms with E-state index in [9.17, 15) is 25.3 Å². The predicted octanol–water partition coefficient (Wildman–Crippen LogP) is 6.34. The summed E-state index contributed by atoms with van der Waals surface area (Å²) in [6.45, 7) is 1.97. The minimum absolute atomic E-state index is 0.0151. The molecule has 0 saturated heterocycles. The van der Waals surface area contributed by atoms with Crippen molar-refractivity contribution in [2.24, 2.45) is 10.2 Å². The average Bonchev–Trinajstić information content (AvgIpc) is 3.02. The number of aromatic hydroxyl groups is 1. The summed E-state index contributed by atoms with van der Waals surface area (Å²) in [5, 5.41) is 42.2. The molecular weight excluding hydrogens is 576 g/mol. The molecule has 4 atom stereocenters. The number of phenols is 1. The first-order valence-electron chi connectivity index (χ1n) is 15.1. The zero-order valence-corrected chi connectivity index (χ0v) is 24.5. The van der Waals surface area contributed by atoms with Gasteiger partial charge in [0, 0.05) is 17.2 Å². The molecule has 0 radical (unpaired) electrons. The zero-order chi connectivity index (χ0) is 30.9. The molecule has 0 spiro atoms. The second-order valence-electron chi connectivity index (χ2n) is 11.2. The summed E-state index contributed by atoms with van der Waals surface area (Å²) in [6, 6.07) is 6.38. The number of hydrogen-bond acceptors (Lipinski definition) is 12. The molecule has 2 aliphatic carbocycles. The van der Waals surface area contributed by atoms with Crippen LogP contribution in [0.25, 0.3) is 0 Å². The number of nitro groups is 2. The lowest BCUT2D eigenvalue weighted by atomic mass is 9.94. The maximum Gasteiger partial charge on any atom is 0.303 e. The van der Waals surface area contributed by atoms with Gasteiger partial charge < -0.3 is 28.8 Å². The Morgan fingerprint density at radius 3 is 1.70 bits per heavy atom. The molecule has 1 heterocycles. The standard InChI is InChI=1S/C30H38N4O10/c35-30-20-15-22(31-32-24-10-9-23(33(36)37)17-25(24)34(38)39)16-21(30)19-44-29-8-4-2-6-27(29)42-14-12-40-11-13-41-26-5-1-3-7-28(26)43-18-20/h9-10,15-17,26-29,35H,1-8,11-14,18-19H2/t26-,27-,28+,29+/m1/s1. The molecule has 0 unspecified atom stereocenters. The fraction of sp³-hybridized carbons (Fsp3) is 0.600. The topological polar surface area (TPSA) is 177 Å². The van der Waals surface area contributed by atoms with Gasteiger partial charge in [-0.3, -0.25) is 20.2 Å². The first-order chi connectivity index (χ1) is 21.4. The second-order valence-corrected chi connectivity index (χ2v) is 11.2. The molecule has 2 fully saturated rings. The predicted molar refractivity (Wildman–Crippen MR) is 156 cm³/mol. The average molecular weight is 615 g/mol. The molecule has 238 valence electrons. The molecule has 1 aliphatic heterocycles. The van der Waals surface area contributed by atoms with E-state index in [0.29, 0.717) is 43.2 Å². The number of azo groups is 1. The highest BCUT2D eigenvalue weighted by atomic mass is 16.6. The summed E-state index contributed by atoms with van der Waals surface area (Å²) >= 11 is 0. The van der Waals surface area contributed by atoms with Crippen molar-refractivity contribution in [2.75, 3.05) is 26.4 Å². The van der Waals surface area contributed by atoms with E-state index in [4.69, 9.17) is 23.7 Å². The van der Waals surface area contributed by atoms with E-state index in [0.717, 1.165) is 63.5 Å². The number of nitrogens with zero attached hydrogens (tertiary/aromatic N) is 4. The van der Waals surface area contributed by atoms with Crippen molar-refractivity contribution in [3.8, 4) is 5.75 Å². The Kier molecular flexibility index (Phi) is 11.2. The van der Waals surface area contributed by atoms with Gasteiger partial charge in [0.2, 0.25) is 0 Å². The van der Waals surface area contributed by atoms with Gasteiger partial charge in [0.25, 0.3) is 5.69 Å². The van der Waals surface area contributed by atoms with Gasteiger partial charge >= 0.3 is 5.69 Å². The van der Waals surface area contributed by atoms with E-state index in [-0.39, 0.29) is 49.1 Å². The summed E-state index contributed by atoms with van der Waals surface area (Å²) in [4.78, 5) is 21.3. The van der Waals surface area contributed by atoms with Gasteiger partial charge in [-0.05, 0) is 43.9 Å². The van der Waals surface area contributed by atoms with Crippen LogP contribution in [-0.2, 0) is 36.9 Å². The Bertz CT molecular complexity index is 1290. The van der Waals surface area contributed by atoms with Crippen LogP contribution in [0.4, 0.5) is 22.7 Å². The normalized spacial score (nSPS) is 25.7. The number of nitro benzene ring substituents is 2. The third-order valence-electron chi connectivity index (χ3n) is 8.20. The molecule has 14 nitrogen and oxygen atoms in total. The van der Waals surface area contributed by atoms with Crippen molar-refractivity contribution < 1.29 is 38.6 Å². The maximum atomic E-state index is 11.6. The number of benzene rings is 2. The number of phenolic OH excluding ortho intramolecular Hbond substituents is 1. The monoisotopic (exact) mass is 614 g/mol. The number of rotatable bonds is 4. The van der Waals surface area contributed by atoms with Crippen molar-refractivity contribution >= 4 is 22.7 Å². The Labute approximate surface area is 254 Å². The largest absolute Gasteiger partial charge is 0.507 e. The Morgan fingerprint density at radius 2 is 1.20 bits per heavy atom. The van der Waals surface area contributed by atoms with E-state index in [1.165, 1.54) is 6.07 Å². The van der Waals surface area contributed by atoms with Gasteiger partial charge in [-0.2, -0.15) is 5.11 Å². The lowest BCUT2D eigenvalue weighted by molar-refractivity contribution is -0.393. The first-order valence-corrected chi connectivity index (χ1v) is 15.1. The molecule has 5 rings (SSSR count). The van der Waals surface area contributed by atoms with Crippen LogP contribution in [0.3, 0.4) is 0 Å². The van der Waals surface area contributed by atoms with Crippen molar-refractivity contribution in [2.45, 2.75) is 89.0 Å². The summed E-state index contributed by atoms with van der Waals surface area (Å²) in [6.07, 6.45) is 6.95. The molecule has 1 N–H and O–H groups in total. The Hall–Kier alpha value is -3.56. The highest BCUT2D eigenvalue weighted by molar-refractivity contribution is 5.62. The fourth-order valence-electron chi connectivity index (χ4n) is 5.89. The molecule has 14 heteroatoms. The number of hydrogen-bond donors (Lipinski definition) is 1. The van der Waals surface area contributed by atoms with Gasteiger partial charge in [0.1, 0.15) is 5.75 Å². The van der Waals surface area contributed by atoms with Crippen molar-refractivity contribution in [1.29, 1.82) is 0 Å². The summed E-state index contributed by atoms with van der Waals surface area (Å²) < 4.78 is 30.6. The molecule has 2 aromatic rings.